The van der Waals surface area contributed by atoms with Gasteiger partial charge >= 0.3 is 0 Å². The van der Waals surface area contributed by atoms with Gasteiger partial charge in [0.1, 0.15) is 17.9 Å². The smallest absolute Gasteiger partial charge is 0.267 e. The van der Waals surface area contributed by atoms with Crippen LogP contribution >= 0.6 is 22.7 Å². The number of rotatable bonds is 2. The van der Waals surface area contributed by atoms with Gasteiger partial charge in [-0.05, 0) is 18.2 Å². The number of benzene rings is 1. The van der Waals surface area contributed by atoms with Gasteiger partial charge in [0, 0.05) is 16.0 Å². The van der Waals surface area contributed by atoms with Crippen LogP contribution in [-0.2, 0) is 6.61 Å². The summed E-state index contributed by atoms with van der Waals surface area (Å²) in [6.07, 6.45) is 0. The number of carbonyl (C=O) groups excluding carboxylic acids is 1. The largest absolute Gasteiger partial charge is 0.488 e. The van der Waals surface area contributed by atoms with Gasteiger partial charge in [-0.3, -0.25) is 10.1 Å². The fraction of sp³-hybridized carbons (Fsp3) is 0.0714. The van der Waals surface area contributed by atoms with Gasteiger partial charge in [-0.15, -0.1) is 21.5 Å². The van der Waals surface area contributed by atoms with Crippen LogP contribution in [0.1, 0.15) is 15.2 Å². The van der Waals surface area contributed by atoms with Crippen LogP contribution in [0.5, 0.6) is 5.75 Å². The zero-order valence-corrected chi connectivity index (χ0v) is 12.3. The summed E-state index contributed by atoms with van der Waals surface area (Å²) < 4.78 is 5.70. The third kappa shape index (κ3) is 2.20. The molecule has 0 atom stereocenters. The first kappa shape index (κ1) is 12.5. The van der Waals surface area contributed by atoms with E-state index in [1.165, 1.54) is 22.7 Å². The van der Waals surface area contributed by atoms with Gasteiger partial charge in [0.05, 0.1) is 4.88 Å². The minimum atomic E-state index is -0.163. The number of fused-ring (bicyclic) bond motifs is 3. The fourth-order valence-corrected chi connectivity index (χ4v) is 3.73. The zero-order valence-electron chi connectivity index (χ0n) is 10.7. The summed E-state index contributed by atoms with van der Waals surface area (Å²) in [6, 6.07) is 9.75. The number of nitrogens with one attached hydrogen (secondary N) is 1. The van der Waals surface area contributed by atoms with E-state index in [0.29, 0.717) is 16.6 Å². The molecule has 0 unspecified atom stereocenters. The summed E-state index contributed by atoms with van der Waals surface area (Å²) in [7, 11) is 0. The number of hydrogen-bond donors (Lipinski definition) is 1. The van der Waals surface area contributed by atoms with E-state index in [1.54, 1.807) is 5.51 Å². The van der Waals surface area contributed by atoms with E-state index in [-0.39, 0.29) is 5.91 Å². The number of anilines is 1. The maximum absolute atomic E-state index is 12.2. The van der Waals surface area contributed by atoms with Crippen molar-refractivity contribution in [1.82, 2.24) is 10.2 Å². The van der Waals surface area contributed by atoms with Crippen molar-refractivity contribution >= 4 is 33.7 Å². The monoisotopic (exact) mass is 315 g/mol. The lowest BCUT2D eigenvalue weighted by Gasteiger charge is -2.16. The normalized spacial score (nSPS) is 12.2. The molecule has 0 radical (unpaired) electrons. The van der Waals surface area contributed by atoms with Crippen LogP contribution in [0.2, 0.25) is 0 Å². The van der Waals surface area contributed by atoms with E-state index in [0.717, 1.165) is 21.8 Å². The Bertz CT molecular complexity index is 812. The van der Waals surface area contributed by atoms with Crippen LogP contribution in [0.15, 0.2) is 35.8 Å². The molecule has 21 heavy (non-hydrogen) atoms. The Morgan fingerprint density at radius 1 is 1.33 bits per heavy atom. The molecule has 1 aliphatic heterocycles. The van der Waals surface area contributed by atoms with E-state index < -0.39 is 0 Å². The van der Waals surface area contributed by atoms with E-state index in [9.17, 15) is 4.79 Å². The van der Waals surface area contributed by atoms with Gasteiger partial charge in [0.2, 0.25) is 5.13 Å². The number of para-hydroxylation sites is 1. The van der Waals surface area contributed by atoms with Crippen LogP contribution in [-0.4, -0.2) is 16.1 Å². The highest BCUT2D eigenvalue weighted by molar-refractivity contribution is 7.18. The SMILES string of the molecule is O=C(Nc1nncs1)c1cc2c(s1)-c1ccccc1OC2. The molecule has 2 aromatic heterocycles. The minimum absolute atomic E-state index is 0.163. The Balaban J connectivity index is 1.68. The second kappa shape index (κ2) is 4.94. The van der Waals surface area contributed by atoms with E-state index in [1.807, 2.05) is 30.3 Å². The van der Waals surface area contributed by atoms with Crippen molar-refractivity contribution in [2.45, 2.75) is 6.61 Å². The molecule has 0 spiro atoms. The molecule has 4 rings (SSSR count). The van der Waals surface area contributed by atoms with Crippen molar-refractivity contribution in [3.8, 4) is 16.2 Å². The van der Waals surface area contributed by atoms with E-state index in [4.69, 9.17) is 4.74 Å². The average Bonchev–Trinajstić information content (AvgIpc) is 3.15. The van der Waals surface area contributed by atoms with Crippen molar-refractivity contribution in [2.75, 3.05) is 5.32 Å². The molecule has 1 aromatic carbocycles. The molecule has 1 N–H and O–H groups in total. The number of hydrogen-bond acceptors (Lipinski definition) is 6. The van der Waals surface area contributed by atoms with Gasteiger partial charge in [-0.1, -0.05) is 23.5 Å². The number of ether oxygens (including phenoxy) is 1. The quantitative estimate of drug-likeness (QED) is 0.787. The molecule has 0 fully saturated rings. The molecule has 1 aliphatic rings. The molecule has 0 aliphatic carbocycles. The lowest BCUT2D eigenvalue weighted by molar-refractivity contribution is 0.103. The predicted molar refractivity (Wildman–Crippen MR) is 81.9 cm³/mol. The number of nitrogens with zero attached hydrogens (tertiary/aromatic N) is 2. The highest BCUT2D eigenvalue weighted by Crippen LogP contribution is 2.42. The molecule has 1 amide bonds. The summed E-state index contributed by atoms with van der Waals surface area (Å²) in [5, 5.41) is 10.8. The average molecular weight is 315 g/mol. The molecule has 104 valence electrons. The predicted octanol–water partition coefficient (Wildman–Crippen LogP) is 3.41. The third-order valence-electron chi connectivity index (χ3n) is 3.13. The van der Waals surface area contributed by atoms with Crippen LogP contribution in [0, 0.1) is 0 Å². The van der Waals surface area contributed by atoms with Crippen molar-refractivity contribution in [3.05, 3.63) is 46.3 Å². The molecule has 0 saturated heterocycles. The molecule has 0 saturated carbocycles. The summed E-state index contributed by atoms with van der Waals surface area (Å²) in [4.78, 5) is 14.0. The highest BCUT2D eigenvalue weighted by Gasteiger charge is 2.22. The molecule has 3 aromatic rings. The van der Waals surface area contributed by atoms with Crippen molar-refractivity contribution in [3.63, 3.8) is 0 Å². The first-order chi connectivity index (χ1) is 10.3. The topological polar surface area (TPSA) is 64.1 Å². The number of thiophene rings is 1. The Morgan fingerprint density at radius 3 is 3.10 bits per heavy atom. The standard InChI is InChI=1S/C14H9N3O2S2/c18-13(16-14-17-15-7-20-14)11-5-8-6-19-10-4-2-1-3-9(10)12(8)21-11/h1-5,7H,6H2,(H,16,17,18). The molecule has 7 heteroatoms. The summed E-state index contributed by atoms with van der Waals surface area (Å²) >= 11 is 2.77. The van der Waals surface area contributed by atoms with Gasteiger partial charge < -0.3 is 4.74 Å². The Kier molecular flexibility index (Phi) is 2.94. The van der Waals surface area contributed by atoms with Gasteiger partial charge in [-0.2, -0.15) is 0 Å². The van der Waals surface area contributed by atoms with Crippen molar-refractivity contribution in [2.24, 2.45) is 0 Å². The van der Waals surface area contributed by atoms with Crippen molar-refractivity contribution in [1.29, 1.82) is 0 Å². The molecule has 3 heterocycles. The zero-order chi connectivity index (χ0) is 14.2. The van der Waals surface area contributed by atoms with Crippen molar-refractivity contribution < 1.29 is 9.53 Å². The van der Waals surface area contributed by atoms with E-state index in [2.05, 4.69) is 15.5 Å². The Hall–Kier alpha value is -2.25. The summed E-state index contributed by atoms with van der Waals surface area (Å²) in [5.41, 5.74) is 3.67. The molecular formula is C14H9N3O2S2. The van der Waals surface area contributed by atoms with Crippen LogP contribution in [0.4, 0.5) is 5.13 Å². The van der Waals surface area contributed by atoms with Gasteiger partial charge in [0.15, 0.2) is 0 Å². The number of amides is 1. The van der Waals surface area contributed by atoms with Crippen LogP contribution in [0.3, 0.4) is 0 Å². The van der Waals surface area contributed by atoms with Gasteiger partial charge in [-0.25, -0.2) is 0 Å². The summed E-state index contributed by atoms with van der Waals surface area (Å²) in [6.45, 7) is 0.495. The lowest BCUT2D eigenvalue weighted by Crippen LogP contribution is -2.09. The Morgan fingerprint density at radius 2 is 2.24 bits per heavy atom. The van der Waals surface area contributed by atoms with Crippen LogP contribution < -0.4 is 10.1 Å². The second-order valence-electron chi connectivity index (χ2n) is 4.45. The first-order valence-electron chi connectivity index (χ1n) is 6.24. The highest BCUT2D eigenvalue weighted by atomic mass is 32.1. The lowest BCUT2D eigenvalue weighted by atomic mass is 10.1. The minimum Gasteiger partial charge on any atom is -0.488 e. The molecule has 0 bridgehead atoms. The van der Waals surface area contributed by atoms with Gasteiger partial charge in [0.25, 0.3) is 5.91 Å². The number of aromatic nitrogens is 2. The molecule has 5 nitrogen and oxygen atoms in total. The van der Waals surface area contributed by atoms with Crippen LogP contribution in [0.25, 0.3) is 10.4 Å². The second-order valence-corrected chi connectivity index (χ2v) is 6.33. The fourth-order valence-electron chi connectivity index (χ4n) is 2.20. The first-order valence-corrected chi connectivity index (χ1v) is 7.93. The molecular weight excluding hydrogens is 306 g/mol. The third-order valence-corrected chi connectivity index (χ3v) is 4.94. The Labute approximate surface area is 128 Å². The van der Waals surface area contributed by atoms with E-state index >= 15 is 0 Å². The maximum Gasteiger partial charge on any atom is 0.267 e. The maximum atomic E-state index is 12.2. The number of carbonyl (C=O) groups is 1. The summed E-state index contributed by atoms with van der Waals surface area (Å²) in [5.74, 6) is 0.701.